The molecule has 1 aromatic rings. The number of carbonyl (C=O) groups is 2. The molecule has 1 aromatic carbocycles. The van der Waals surface area contributed by atoms with E-state index in [0.717, 1.165) is 10.5 Å². The summed E-state index contributed by atoms with van der Waals surface area (Å²) in [7, 11) is 1.22. The van der Waals surface area contributed by atoms with Crippen molar-refractivity contribution in [1.82, 2.24) is 0 Å². The fourth-order valence-corrected chi connectivity index (χ4v) is 3.17. The molecule has 0 saturated heterocycles. The van der Waals surface area contributed by atoms with Crippen molar-refractivity contribution in [3.63, 3.8) is 0 Å². The highest BCUT2D eigenvalue weighted by Crippen LogP contribution is 2.52. The van der Waals surface area contributed by atoms with E-state index in [9.17, 15) is 14.7 Å². The van der Waals surface area contributed by atoms with Crippen LogP contribution in [0.15, 0.2) is 34.5 Å². The van der Waals surface area contributed by atoms with Crippen LogP contribution in [0.4, 0.5) is 0 Å². The average molecular weight is 339 g/mol. The van der Waals surface area contributed by atoms with Crippen molar-refractivity contribution in [1.29, 1.82) is 0 Å². The SMILES string of the molecule is COC(=O)[C@]12Oc3ccc(Br)cc3[C@H]1CC(=O)C=C2O. The molecule has 6 heteroatoms. The first-order valence-corrected chi connectivity index (χ1v) is 6.79. The molecule has 5 nitrogen and oxygen atoms in total. The summed E-state index contributed by atoms with van der Waals surface area (Å²) in [6.07, 6.45) is 1.12. The number of esters is 1. The van der Waals surface area contributed by atoms with Gasteiger partial charge in [-0.3, -0.25) is 4.79 Å². The van der Waals surface area contributed by atoms with Crippen molar-refractivity contribution in [3.8, 4) is 5.75 Å². The number of hydrogen-bond donors (Lipinski definition) is 1. The maximum atomic E-state index is 12.2. The Balaban J connectivity index is 2.22. The number of ether oxygens (including phenoxy) is 2. The normalized spacial score (nSPS) is 27.2. The van der Waals surface area contributed by atoms with Crippen LogP contribution in [0.2, 0.25) is 0 Å². The molecule has 2 atom stereocenters. The molecule has 0 amide bonds. The number of halogens is 1. The minimum atomic E-state index is -1.65. The molecule has 1 N–H and O–H groups in total. The van der Waals surface area contributed by atoms with Gasteiger partial charge in [0.1, 0.15) is 5.75 Å². The summed E-state index contributed by atoms with van der Waals surface area (Å²) >= 11 is 3.35. The van der Waals surface area contributed by atoms with Gasteiger partial charge in [0.2, 0.25) is 0 Å². The second-order valence-electron chi connectivity index (χ2n) is 4.76. The zero-order valence-corrected chi connectivity index (χ0v) is 12.1. The standard InChI is InChI=1S/C14H11BrO5/c1-19-13(18)14-10(5-8(16)6-12(14)17)9-4-7(15)2-3-11(9)20-14/h2-4,6,10,17H,5H2,1H3/t10-,14+/m1/s1. The molecule has 0 aromatic heterocycles. The molecule has 104 valence electrons. The van der Waals surface area contributed by atoms with Gasteiger partial charge in [-0.05, 0) is 18.2 Å². The first-order valence-electron chi connectivity index (χ1n) is 6.00. The van der Waals surface area contributed by atoms with Crippen molar-refractivity contribution in [2.45, 2.75) is 17.9 Å². The Morgan fingerprint density at radius 2 is 2.30 bits per heavy atom. The number of carbonyl (C=O) groups excluding carboxylic acids is 2. The Morgan fingerprint density at radius 1 is 1.55 bits per heavy atom. The molecule has 1 heterocycles. The highest BCUT2D eigenvalue weighted by Gasteiger charge is 2.61. The van der Waals surface area contributed by atoms with E-state index in [4.69, 9.17) is 9.47 Å². The van der Waals surface area contributed by atoms with Gasteiger partial charge in [-0.1, -0.05) is 15.9 Å². The fourth-order valence-electron chi connectivity index (χ4n) is 2.79. The maximum Gasteiger partial charge on any atom is 0.358 e. The summed E-state index contributed by atoms with van der Waals surface area (Å²) in [6, 6.07) is 5.25. The molecular weight excluding hydrogens is 328 g/mol. The van der Waals surface area contributed by atoms with Crippen molar-refractivity contribution in [2.24, 2.45) is 0 Å². The first kappa shape index (κ1) is 13.2. The summed E-state index contributed by atoms with van der Waals surface area (Å²) in [6.45, 7) is 0. The number of aliphatic hydroxyl groups excluding tert-OH is 1. The molecule has 0 unspecified atom stereocenters. The van der Waals surface area contributed by atoms with Gasteiger partial charge in [0.05, 0.1) is 13.0 Å². The molecular formula is C14H11BrO5. The molecule has 0 fully saturated rings. The van der Waals surface area contributed by atoms with Crippen LogP contribution in [-0.4, -0.2) is 29.6 Å². The number of ketones is 1. The number of rotatable bonds is 1. The number of allylic oxidation sites excluding steroid dienone is 1. The third-order valence-electron chi connectivity index (χ3n) is 3.68. The van der Waals surface area contributed by atoms with Crippen LogP contribution in [0.3, 0.4) is 0 Å². The molecule has 20 heavy (non-hydrogen) atoms. The molecule has 1 aliphatic heterocycles. The van der Waals surface area contributed by atoms with Gasteiger partial charge in [0.15, 0.2) is 11.5 Å². The quantitative estimate of drug-likeness (QED) is 0.795. The number of fused-ring (bicyclic) bond motifs is 3. The van der Waals surface area contributed by atoms with E-state index in [1.807, 2.05) is 0 Å². The Hall–Kier alpha value is -1.82. The summed E-state index contributed by atoms with van der Waals surface area (Å²) in [4.78, 5) is 23.9. The highest BCUT2D eigenvalue weighted by atomic mass is 79.9. The Morgan fingerprint density at radius 3 is 3.00 bits per heavy atom. The lowest BCUT2D eigenvalue weighted by Crippen LogP contribution is -2.51. The van der Waals surface area contributed by atoms with Crippen LogP contribution < -0.4 is 4.74 Å². The molecule has 1 aliphatic carbocycles. The van der Waals surface area contributed by atoms with Crippen molar-refractivity contribution < 1.29 is 24.2 Å². The van der Waals surface area contributed by atoms with E-state index in [0.29, 0.717) is 11.3 Å². The zero-order valence-electron chi connectivity index (χ0n) is 10.6. The monoisotopic (exact) mass is 338 g/mol. The Bertz CT molecular complexity index is 651. The Kier molecular flexibility index (Phi) is 2.86. The fraction of sp³-hybridized carbons (Fsp3) is 0.286. The van der Waals surface area contributed by atoms with Gasteiger partial charge in [-0.2, -0.15) is 0 Å². The molecule has 3 rings (SSSR count). The summed E-state index contributed by atoms with van der Waals surface area (Å²) in [5, 5.41) is 10.1. The molecule has 0 saturated carbocycles. The lowest BCUT2D eigenvalue weighted by molar-refractivity contribution is -0.159. The van der Waals surface area contributed by atoms with Crippen LogP contribution in [0.25, 0.3) is 0 Å². The topological polar surface area (TPSA) is 72.8 Å². The number of methoxy groups -OCH3 is 1. The second kappa shape index (κ2) is 4.34. The summed E-state index contributed by atoms with van der Waals surface area (Å²) in [5.41, 5.74) is -0.941. The Labute approximate surface area is 123 Å². The molecule has 0 bridgehead atoms. The van der Waals surface area contributed by atoms with E-state index in [1.165, 1.54) is 7.11 Å². The van der Waals surface area contributed by atoms with Gasteiger partial charge < -0.3 is 14.6 Å². The van der Waals surface area contributed by atoms with Crippen LogP contribution >= 0.6 is 15.9 Å². The smallest absolute Gasteiger partial charge is 0.358 e. The molecule has 0 spiro atoms. The van der Waals surface area contributed by atoms with E-state index < -0.39 is 23.2 Å². The predicted octanol–water partition coefficient (Wildman–Crippen LogP) is 2.25. The van der Waals surface area contributed by atoms with E-state index in [-0.39, 0.29) is 12.2 Å². The van der Waals surface area contributed by atoms with Crippen molar-refractivity contribution in [2.75, 3.05) is 7.11 Å². The van der Waals surface area contributed by atoms with Gasteiger partial charge in [-0.25, -0.2) is 4.79 Å². The van der Waals surface area contributed by atoms with Gasteiger partial charge in [0, 0.05) is 22.5 Å². The van der Waals surface area contributed by atoms with Crippen molar-refractivity contribution >= 4 is 27.7 Å². The third kappa shape index (κ3) is 1.61. The highest BCUT2D eigenvalue weighted by molar-refractivity contribution is 9.10. The second-order valence-corrected chi connectivity index (χ2v) is 5.68. The zero-order chi connectivity index (χ0) is 14.5. The van der Waals surface area contributed by atoms with Crippen LogP contribution in [0.5, 0.6) is 5.75 Å². The van der Waals surface area contributed by atoms with E-state index in [1.54, 1.807) is 18.2 Å². The molecule has 2 aliphatic rings. The van der Waals surface area contributed by atoms with E-state index >= 15 is 0 Å². The van der Waals surface area contributed by atoms with Crippen LogP contribution in [0.1, 0.15) is 17.9 Å². The lowest BCUT2D eigenvalue weighted by Gasteiger charge is -2.33. The minimum Gasteiger partial charge on any atom is -0.507 e. The summed E-state index contributed by atoms with van der Waals surface area (Å²) < 4.78 is 11.3. The van der Waals surface area contributed by atoms with Gasteiger partial charge in [-0.15, -0.1) is 0 Å². The average Bonchev–Trinajstić information content (AvgIpc) is 2.73. The van der Waals surface area contributed by atoms with Gasteiger partial charge in [0.25, 0.3) is 5.60 Å². The number of aliphatic hydroxyl groups is 1. The minimum absolute atomic E-state index is 0.0859. The van der Waals surface area contributed by atoms with Crippen molar-refractivity contribution in [3.05, 3.63) is 40.1 Å². The van der Waals surface area contributed by atoms with Crippen LogP contribution in [0, 0.1) is 0 Å². The van der Waals surface area contributed by atoms with Crippen LogP contribution in [-0.2, 0) is 14.3 Å². The molecule has 0 radical (unpaired) electrons. The number of benzene rings is 1. The number of hydrogen-bond acceptors (Lipinski definition) is 5. The van der Waals surface area contributed by atoms with E-state index in [2.05, 4.69) is 15.9 Å². The lowest BCUT2D eigenvalue weighted by atomic mass is 9.75. The third-order valence-corrected chi connectivity index (χ3v) is 4.17. The largest absolute Gasteiger partial charge is 0.507 e. The summed E-state index contributed by atoms with van der Waals surface area (Å²) in [5.74, 6) is -1.48. The maximum absolute atomic E-state index is 12.2. The first-order chi connectivity index (χ1) is 9.49. The predicted molar refractivity (Wildman–Crippen MR) is 72.6 cm³/mol. The van der Waals surface area contributed by atoms with Gasteiger partial charge >= 0.3 is 5.97 Å².